The Balaban J connectivity index is 1.97. The Morgan fingerprint density at radius 2 is 1.57 bits per heavy atom. The highest BCUT2D eigenvalue weighted by Gasteiger charge is 2.54. The number of nitrogens with zero attached hydrogens (tertiary/aromatic N) is 1. The number of carbonyl (C=O) groups is 2. The van der Waals surface area contributed by atoms with Crippen LogP contribution in [0, 0.1) is 0 Å². The molecule has 1 N–H and O–H groups in total. The molecular weight excluding hydrogens is 701 g/mol. The molecule has 0 heterocycles. The van der Waals surface area contributed by atoms with Crippen molar-refractivity contribution in [3.8, 4) is 0 Å². The van der Waals surface area contributed by atoms with E-state index < -0.39 is 76.4 Å². The summed E-state index contributed by atoms with van der Waals surface area (Å²) in [6.07, 6.45) is -15.5. The highest BCUT2D eigenvalue weighted by molar-refractivity contribution is 9.10. The molecule has 4 nitrogen and oxygen atoms in total. The third-order valence-corrected chi connectivity index (χ3v) is 8.06. The summed E-state index contributed by atoms with van der Waals surface area (Å²) in [6.45, 7) is -1.67. The van der Waals surface area contributed by atoms with E-state index in [0.29, 0.717) is 12.1 Å². The fraction of sp³-hybridized carbons (Fsp3) is 0.360. The number of benzene rings is 2. The molecule has 17 heteroatoms. The van der Waals surface area contributed by atoms with Crippen LogP contribution in [0.4, 0.5) is 43.9 Å². The predicted octanol–water partition coefficient (Wildman–Crippen LogP) is 8.71. The zero-order chi connectivity index (χ0) is 32.0. The van der Waals surface area contributed by atoms with Gasteiger partial charge in [-0.05, 0) is 64.7 Å². The first-order valence-electron chi connectivity index (χ1n) is 11.5. The third kappa shape index (κ3) is 7.90. The van der Waals surface area contributed by atoms with Gasteiger partial charge in [-0.3, -0.25) is 9.59 Å². The van der Waals surface area contributed by atoms with E-state index in [0.717, 1.165) is 19.2 Å². The lowest BCUT2D eigenvalue weighted by molar-refractivity contribution is -0.160. The summed E-state index contributed by atoms with van der Waals surface area (Å²) < 4.78 is 136. The summed E-state index contributed by atoms with van der Waals surface area (Å²) in [7, 11) is 0.803. The number of hydrogen-bond acceptors (Lipinski definition) is 2. The van der Waals surface area contributed by atoms with E-state index >= 15 is 4.39 Å². The minimum Gasteiger partial charge on any atom is -0.338 e. The molecule has 1 fully saturated rings. The smallest absolute Gasteiger partial charge is 0.338 e. The molecule has 0 radical (unpaired) electrons. The average Bonchev–Trinajstić information content (AvgIpc) is 3.62. The summed E-state index contributed by atoms with van der Waals surface area (Å²) in [4.78, 5) is 25.5. The van der Waals surface area contributed by atoms with Gasteiger partial charge in [-0.15, -0.1) is 0 Å². The SMILES string of the molecule is CN(CC(F)(F)F)C(=O)C1(NC(=O)c2ccc(C(F)=CC(c3cc(Cl)c(Br)c(Cl)c3)C(F)(F)F)cc2C(F)(F)F)CC1. The molecule has 1 atom stereocenters. The van der Waals surface area contributed by atoms with Gasteiger partial charge in [0.2, 0.25) is 5.91 Å². The predicted molar refractivity (Wildman–Crippen MR) is 137 cm³/mol. The molecule has 0 aliphatic heterocycles. The van der Waals surface area contributed by atoms with E-state index in [1.165, 1.54) is 0 Å². The van der Waals surface area contributed by atoms with Gasteiger partial charge in [0.05, 0.1) is 25.6 Å². The Kier molecular flexibility index (Phi) is 9.60. The monoisotopic (exact) mass is 716 g/mol. The van der Waals surface area contributed by atoms with Crippen LogP contribution in [0.25, 0.3) is 5.83 Å². The number of nitrogens with one attached hydrogen (secondary N) is 1. The van der Waals surface area contributed by atoms with Crippen LogP contribution in [0.3, 0.4) is 0 Å². The number of hydrogen-bond donors (Lipinski definition) is 1. The quantitative estimate of drug-likeness (QED) is 0.230. The van der Waals surface area contributed by atoms with Crippen LogP contribution in [-0.4, -0.2) is 48.2 Å². The summed E-state index contributed by atoms with van der Waals surface area (Å²) >= 11 is 14.7. The molecule has 0 bridgehead atoms. The van der Waals surface area contributed by atoms with Crippen molar-refractivity contribution in [3.63, 3.8) is 0 Å². The van der Waals surface area contributed by atoms with E-state index in [2.05, 4.69) is 15.9 Å². The van der Waals surface area contributed by atoms with Crippen LogP contribution in [0.15, 0.2) is 40.9 Å². The van der Waals surface area contributed by atoms with E-state index in [4.69, 9.17) is 23.2 Å². The molecular formula is C25H17BrCl2F10N2O2. The molecule has 1 aliphatic carbocycles. The zero-order valence-electron chi connectivity index (χ0n) is 20.8. The molecule has 42 heavy (non-hydrogen) atoms. The normalized spacial score (nSPS) is 16.2. The van der Waals surface area contributed by atoms with E-state index in [9.17, 15) is 49.1 Å². The number of alkyl halides is 9. The van der Waals surface area contributed by atoms with Crippen LogP contribution in [0.2, 0.25) is 10.0 Å². The topological polar surface area (TPSA) is 49.4 Å². The van der Waals surface area contributed by atoms with E-state index in [-0.39, 0.29) is 44.4 Å². The number of rotatable bonds is 7. The Morgan fingerprint density at radius 3 is 2.02 bits per heavy atom. The second-order valence-electron chi connectivity index (χ2n) is 9.40. The van der Waals surface area contributed by atoms with Crippen molar-refractivity contribution in [2.45, 2.75) is 42.8 Å². The average molecular weight is 718 g/mol. The van der Waals surface area contributed by atoms with Gasteiger partial charge in [0, 0.05) is 12.6 Å². The van der Waals surface area contributed by atoms with Gasteiger partial charge in [0.1, 0.15) is 23.8 Å². The molecule has 2 amide bonds. The third-order valence-electron chi connectivity index (χ3n) is 6.15. The first kappa shape index (κ1) is 34.0. The molecule has 3 rings (SSSR count). The van der Waals surface area contributed by atoms with Gasteiger partial charge in [-0.1, -0.05) is 29.3 Å². The van der Waals surface area contributed by atoms with Crippen molar-refractivity contribution in [2.75, 3.05) is 13.6 Å². The van der Waals surface area contributed by atoms with Crippen LogP contribution in [0.1, 0.15) is 45.8 Å². The maximum atomic E-state index is 15.1. The number of likely N-dealkylation sites (N-methyl/N-ethyl adjacent to an activating group) is 1. The van der Waals surface area contributed by atoms with Crippen LogP contribution < -0.4 is 5.32 Å². The summed E-state index contributed by atoms with van der Waals surface area (Å²) in [5, 5.41) is 1.53. The van der Waals surface area contributed by atoms with Gasteiger partial charge in [0.25, 0.3) is 5.91 Å². The first-order chi connectivity index (χ1) is 19.1. The Morgan fingerprint density at radius 1 is 1.02 bits per heavy atom. The molecule has 2 aromatic carbocycles. The fourth-order valence-corrected chi connectivity index (χ4v) is 4.74. The van der Waals surface area contributed by atoms with Crippen molar-refractivity contribution >= 4 is 56.8 Å². The Labute approximate surface area is 249 Å². The lowest BCUT2D eigenvalue weighted by Gasteiger charge is -2.25. The van der Waals surface area contributed by atoms with Crippen molar-refractivity contribution in [1.29, 1.82) is 0 Å². The van der Waals surface area contributed by atoms with E-state index in [1.807, 2.05) is 5.32 Å². The number of carbonyl (C=O) groups excluding carboxylic acids is 2. The zero-order valence-corrected chi connectivity index (χ0v) is 23.9. The number of amides is 2. The van der Waals surface area contributed by atoms with E-state index in [1.54, 1.807) is 0 Å². The van der Waals surface area contributed by atoms with Crippen molar-refractivity contribution < 1.29 is 53.5 Å². The van der Waals surface area contributed by atoms with Gasteiger partial charge in [-0.2, -0.15) is 39.5 Å². The Bertz CT molecular complexity index is 1400. The standard InChI is InChI=1S/C25H17BrCl2F10N2O2/c1-40(10-23(30,31)32)21(42)22(4-5-22)39-20(41)13-3-2-11(6-15(13)25(36,37)38)18(29)9-14(24(33,34)35)12-7-16(27)19(26)17(28)8-12/h2-3,6-9,14H,4-5,10H2,1H3,(H,39,41). The van der Waals surface area contributed by atoms with Gasteiger partial charge in [0.15, 0.2) is 0 Å². The number of allylic oxidation sites excluding steroid dienone is 1. The van der Waals surface area contributed by atoms with Gasteiger partial charge < -0.3 is 10.2 Å². The van der Waals surface area contributed by atoms with Gasteiger partial charge in [-0.25, -0.2) is 4.39 Å². The minimum atomic E-state index is -5.33. The highest BCUT2D eigenvalue weighted by atomic mass is 79.9. The maximum Gasteiger partial charge on any atom is 0.417 e. The minimum absolute atomic E-state index is 0.0134. The second-order valence-corrected chi connectivity index (χ2v) is 11.0. The summed E-state index contributed by atoms with van der Waals surface area (Å²) in [5.41, 5.74) is -6.35. The maximum absolute atomic E-state index is 15.1. The summed E-state index contributed by atoms with van der Waals surface area (Å²) in [6, 6.07) is 2.89. The lowest BCUT2D eigenvalue weighted by Crippen LogP contribution is -2.51. The fourth-order valence-electron chi connectivity index (χ4n) is 4.01. The molecule has 2 aromatic rings. The largest absolute Gasteiger partial charge is 0.417 e. The van der Waals surface area contributed by atoms with Gasteiger partial charge >= 0.3 is 18.5 Å². The van der Waals surface area contributed by atoms with Crippen molar-refractivity contribution in [1.82, 2.24) is 10.2 Å². The highest BCUT2D eigenvalue weighted by Crippen LogP contribution is 2.43. The molecule has 0 aromatic heterocycles. The van der Waals surface area contributed by atoms with Crippen LogP contribution in [0.5, 0.6) is 0 Å². The molecule has 230 valence electrons. The molecule has 1 saturated carbocycles. The molecule has 0 spiro atoms. The lowest BCUT2D eigenvalue weighted by atomic mass is 9.95. The first-order valence-corrected chi connectivity index (χ1v) is 13.1. The molecule has 0 saturated heterocycles. The summed E-state index contributed by atoms with van der Waals surface area (Å²) in [5.74, 6) is -7.10. The molecule has 1 unspecified atom stereocenters. The second kappa shape index (κ2) is 11.9. The number of halogens is 13. The Hall–Kier alpha value is -2.52. The molecule has 1 aliphatic rings. The van der Waals surface area contributed by atoms with Crippen LogP contribution in [-0.2, 0) is 11.0 Å². The van der Waals surface area contributed by atoms with Crippen molar-refractivity contribution in [2.24, 2.45) is 0 Å². The van der Waals surface area contributed by atoms with Crippen LogP contribution >= 0.6 is 39.1 Å². The van der Waals surface area contributed by atoms with Crippen molar-refractivity contribution in [3.05, 3.63) is 73.2 Å².